The first kappa shape index (κ1) is 14.4. The maximum atomic E-state index is 11.8. The van der Waals surface area contributed by atoms with Gasteiger partial charge in [-0.25, -0.2) is 0 Å². The maximum absolute atomic E-state index is 11.8. The van der Waals surface area contributed by atoms with E-state index in [0.29, 0.717) is 11.4 Å². The van der Waals surface area contributed by atoms with Crippen molar-refractivity contribution in [1.82, 2.24) is 5.32 Å². The van der Waals surface area contributed by atoms with Gasteiger partial charge in [-0.1, -0.05) is 25.0 Å². The van der Waals surface area contributed by atoms with Gasteiger partial charge < -0.3 is 15.4 Å². The van der Waals surface area contributed by atoms with E-state index in [9.17, 15) is 9.59 Å². The van der Waals surface area contributed by atoms with E-state index in [-0.39, 0.29) is 24.3 Å². The largest absolute Gasteiger partial charge is 0.495 e. The van der Waals surface area contributed by atoms with Gasteiger partial charge in [0.05, 0.1) is 12.8 Å². The molecule has 0 bridgehead atoms. The Morgan fingerprint density at radius 2 is 1.90 bits per heavy atom. The Labute approximate surface area is 118 Å². The zero-order valence-corrected chi connectivity index (χ0v) is 11.6. The number of anilines is 1. The van der Waals surface area contributed by atoms with Crippen LogP contribution in [0.3, 0.4) is 0 Å². The minimum Gasteiger partial charge on any atom is -0.495 e. The summed E-state index contributed by atoms with van der Waals surface area (Å²) in [5, 5.41) is 5.59. The van der Waals surface area contributed by atoms with Gasteiger partial charge in [-0.15, -0.1) is 0 Å². The number of rotatable bonds is 5. The molecule has 1 aromatic carbocycles. The minimum absolute atomic E-state index is 0.158. The highest BCUT2D eigenvalue weighted by Gasteiger charge is 2.19. The van der Waals surface area contributed by atoms with Crippen molar-refractivity contribution in [2.75, 3.05) is 12.4 Å². The van der Waals surface area contributed by atoms with Gasteiger partial charge in [-0.05, 0) is 25.0 Å². The summed E-state index contributed by atoms with van der Waals surface area (Å²) in [6.07, 6.45) is 4.17. The molecule has 5 nitrogen and oxygen atoms in total. The third-order valence-electron chi connectivity index (χ3n) is 3.42. The number of nitrogens with one attached hydrogen (secondary N) is 2. The zero-order chi connectivity index (χ0) is 14.4. The fraction of sp³-hybridized carbons (Fsp3) is 0.467. The average molecular weight is 276 g/mol. The van der Waals surface area contributed by atoms with Gasteiger partial charge in [0.25, 0.3) is 0 Å². The summed E-state index contributed by atoms with van der Waals surface area (Å²) in [5.74, 6) is 0.0337. The second kappa shape index (κ2) is 6.93. The molecule has 2 amide bonds. The van der Waals surface area contributed by atoms with E-state index in [4.69, 9.17) is 4.74 Å². The summed E-state index contributed by atoms with van der Waals surface area (Å²) in [6.45, 7) is 0. The van der Waals surface area contributed by atoms with Crippen LogP contribution in [-0.4, -0.2) is 25.0 Å². The monoisotopic (exact) mass is 276 g/mol. The summed E-state index contributed by atoms with van der Waals surface area (Å²) < 4.78 is 5.14. The molecule has 1 aromatic rings. The number of benzene rings is 1. The highest BCUT2D eigenvalue weighted by Crippen LogP contribution is 2.23. The normalized spacial score (nSPS) is 14.8. The molecule has 1 fully saturated rings. The van der Waals surface area contributed by atoms with Gasteiger partial charge in [-0.3, -0.25) is 9.59 Å². The van der Waals surface area contributed by atoms with Crippen LogP contribution >= 0.6 is 0 Å². The summed E-state index contributed by atoms with van der Waals surface area (Å²) in [7, 11) is 1.54. The average Bonchev–Trinajstić information content (AvgIpc) is 2.91. The van der Waals surface area contributed by atoms with Gasteiger partial charge in [0, 0.05) is 6.04 Å². The zero-order valence-electron chi connectivity index (χ0n) is 11.6. The van der Waals surface area contributed by atoms with Crippen molar-refractivity contribution in [2.45, 2.75) is 38.1 Å². The Balaban J connectivity index is 1.83. The number of hydrogen-bond donors (Lipinski definition) is 2. The first-order chi connectivity index (χ1) is 9.69. The van der Waals surface area contributed by atoms with E-state index in [1.165, 1.54) is 7.11 Å². The summed E-state index contributed by atoms with van der Waals surface area (Å²) >= 11 is 0. The van der Waals surface area contributed by atoms with E-state index >= 15 is 0 Å². The Kier molecular flexibility index (Phi) is 4.98. The lowest BCUT2D eigenvalue weighted by molar-refractivity contribution is -0.127. The quantitative estimate of drug-likeness (QED) is 0.809. The second-order valence-corrected chi connectivity index (χ2v) is 4.97. The van der Waals surface area contributed by atoms with Crippen molar-refractivity contribution in [3.05, 3.63) is 24.3 Å². The molecule has 0 aliphatic heterocycles. The number of carbonyl (C=O) groups excluding carboxylic acids is 2. The SMILES string of the molecule is COc1ccccc1NC(=O)CC(=O)NC1CCCC1. The van der Waals surface area contributed by atoms with Crippen molar-refractivity contribution in [1.29, 1.82) is 0 Å². The highest BCUT2D eigenvalue weighted by molar-refractivity contribution is 6.04. The molecule has 0 unspecified atom stereocenters. The van der Waals surface area contributed by atoms with Crippen molar-refractivity contribution >= 4 is 17.5 Å². The summed E-state index contributed by atoms with van der Waals surface area (Å²) in [4.78, 5) is 23.6. The molecule has 0 heterocycles. The maximum Gasteiger partial charge on any atom is 0.233 e. The number of methoxy groups -OCH3 is 1. The summed E-state index contributed by atoms with van der Waals surface area (Å²) in [5.41, 5.74) is 0.577. The fourth-order valence-corrected chi connectivity index (χ4v) is 2.44. The predicted octanol–water partition coefficient (Wildman–Crippen LogP) is 2.08. The second-order valence-electron chi connectivity index (χ2n) is 4.97. The lowest BCUT2D eigenvalue weighted by Crippen LogP contribution is -2.35. The molecular weight excluding hydrogens is 256 g/mol. The van der Waals surface area contributed by atoms with Crippen LogP contribution in [0.1, 0.15) is 32.1 Å². The molecule has 2 N–H and O–H groups in total. The molecule has 20 heavy (non-hydrogen) atoms. The van der Waals surface area contributed by atoms with Crippen LogP contribution in [0.2, 0.25) is 0 Å². The topological polar surface area (TPSA) is 67.4 Å². The molecule has 0 atom stereocenters. The fourth-order valence-electron chi connectivity index (χ4n) is 2.44. The van der Waals surface area contributed by atoms with Gasteiger partial charge in [0.15, 0.2) is 0 Å². The molecule has 0 aromatic heterocycles. The standard InChI is InChI=1S/C15H20N2O3/c1-20-13-9-5-4-8-12(13)17-15(19)10-14(18)16-11-6-2-3-7-11/h4-5,8-9,11H,2-3,6-7,10H2,1H3,(H,16,18)(H,17,19). The lowest BCUT2D eigenvalue weighted by Gasteiger charge is -2.12. The Morgan fingerprint density at radius 3 is 2.60 bits per heavy atom. The van der Waals surface area contributed by atoms with Crippen LogP contribution in [0.5, 0.6) is 5.75 Å². The predicted molar refractivity (Wildman–Crippen MR) is 76.6 cm³/mol. The molecule has 108 valence electrons. The van der Waals surface area contributed by atoms with E-state index in [0.717, 1.165) is 25.7 Å². The minimum atomic E-state index is -0.329. The van der Waals surface area contributed by atoms with Crippen LogP contribution < -0.4 is 15.4 Å². The third kappa shape index (κ3) is 3.98. The third-order valence-corrected chi connectivity index (χ3v) is 3.42. The number of para-hydroxylation sites is 2. The molecule has 1 aliphatic carbocycles. The molecule has 1 saturated carbocycles. The van der Waals surface area contributed by atoms with Gasteiger partial charge in [-0.2, -0.15) is 0 Å². The van der Waals surface area contributed by atoms with Crippen molar-refractivity contribution in [2.24, 2.45) is 0 Å². The number of carbonyl (C=O) groups is 2. The molecule has 2 rings (SSSR count). The Bertz CT molecular complexity index is 482. The van der Waals surface area contributed by atoms with Crippen molar-refractivity contribution in [3.8, 4) is 5.75 Å². The highest BCUT2D eigenvalue weighted by atomic mass is 16.5. The molecule has 1 aliphatic rings. The molecular formula is C15H20N2O3. The molecule has 5 heteroatoms. The Hall–Kier alpha value is -2.04. The molecule has 0 spiro atoms. The van der Waals surface area contributed by atoms with E-state index in [1.54, 1.807) is 18.2 Å². The number of amides is 2. The number of ether oxygens (including phenoxy) is 1. The van der Waals surface area contributed by atoms with E-state index in [2.05, 4.69) is 10.6 Å². The van der Waals surface area contributed by atoms with Crippen molar-refractivity contribution < 1.29 is 14.3 Å². The number of hydrogen-bond acceptors (Lipinski definition) is 3. The van der Waals surface area contributed by atoms with Crippen LogP contribution in [0, 0.1) is 0 Å². The first-order valence-corrected chi connectivity index (χ1v) is 6.91. The first-order valence-electron chi connectivity index (χ1n) is 6.91. The molecule has 0 radical (unpaired) electrons. The van der Waals surface area contributed by atoms with E-state index < -0.39 is 0 Å². The Morgan fingerprint density at radius 1 is 1.20 bits per heavy atom. The van der Waals surface area contributed by atoms with Gasteiger partial charge in [0.2, 0.25) is 11.8 Å². The van der Waals surface area contributed by atoms with Gasteiger partial charge >= 0.3 is 0 Å². The van der Waals surface area contributed by atoms with Crippen molar-refractivity contribution in [3.63, 3.8) is 0 Å². The summed E-state index contributed by atoms with van der Waals surface area (Å²) in [6, 6.07) is 7.36. The molecule has 0 saturated heterocycles. The van der Waals surface area contributed by atoms with Crippen LogP contribution in [0.25, 0.3) is 0 Å². The van der Waals surface area contributed by atoms with E-state index in [1.807, 2.05) is 6.07 Å². The lowest BCUT2D eigenvalue weighted by atomic mass is 10.2. The smallest absolute Gasteiger partial charge is 0.233 e. The van der Waals surface area contributed by atoms with Crippen LogP contribution in [0.15, 0.2) is 24.3 Å². The van der Waals surface area contributed by atoms with Crippen LogP contribution in [0.4, 0.5) is 5.69 Å². The van der Waals surface area contributed by atoms with Crippen LogP contribution in [-0.2, 0) is 9.59 Å². The van der Waals surface area contributed by atoms with Gasteiger partial charge in [0.1, 0.15) is 12.2 Å².